The van der Waals surface area contributed by atoms with Gasteiger partial charge in [0.25, 0.3) is 0 Å². The van der Waals surface area contributed by atoms with Crippen molar-refractivity contribution in [2.45, 2.75) is 32.0 Å². The largest absolute Gasteiger partial charge is 0.283 e. The van der Waals surface area contributed by atoms with Gasteiger partial charge in [0.05, 0.1) is 0 Å². The van der Waals surface area contributed by atoms with Crippen LogP contribution >= 0.6 is 0 Å². The van der Waals surface area contributed by atoms with Crippen molar-refractivity contribution < 1.29 is 0 Å². The van der Waals surface area contributed by atoms with Crippen molar-refractivity contribution in [2.75, 3.05) is 0 Å². The van der Waals surface area contributed by atoms with Crippen LogP contribution in [0.4, 0.5) is 0 Å². The molecule has 32 heavy (non-hydrogen) atoms. The first-order valence-electron chi connectivity index (χ1n) is 11.4. The average molecular weight is 437 g/mol. The monoisotopic (exact) mass is 436 g/mol. The maximum absolute atomic E-state index is 2.64. The molecule has 0 atom stereocenters. The molecule has 0 saturated carbocycles. The van der Waals surface area contributed by atoms with Gasteiger partial charge in [-0.15, -0.1) is 0 Å². The lowest BCUT2D eigenvalue weighted by atomic mass is 10.1. The van der Waals surface area contributed by atoms with Gasteiger partial charge in [-0.25, -0.2) is 0 Å². The molecule has 4 aromatic carbocycles. The van der Waals surface area contributed by atoms with Crippen LogP contribution in [0.2, 0.25) is 0 Å². The molecule has 0 amide bonds. The molecule has 0 aliphatic carbocycles. The van der Waals surface area contributed by atoms with Gasteiger partial charge in [0, 0.05) is 42.2 Å². The van der Waals surface area contributed by atoms with Gasteiger partial charge < -0.3 is 0 Å². The zero-order valence-corrected chi connectivity index (χ0v) is 20.8. The van der Waals surface area contributed by atoms with Crippen molar-refractivity contribution in [2.24, 2.45) is 0 Å². The van der Waals surface area contributed by atoms with Gasteiger partial charge in [0.2, 0.25) is 0 Å². The van der Waals surface area contributed by atoms with Gasteiger partial charge in [-0.05, 0) is 22.3 Å². The van der Waals surface area contributed by atoms with E-state index in [-0.39, 0.29) is 0 Å². The lowest BCUT2D eigenvalue weighted by molar-refractivity contribution is 0.0738. The smallest absolute Gasteiger partial charge is 0.0429 e. The molecule has 4 rings (SSSR count). The van der Waals surface area contributed by atoms with E-state index in [9.17, 15) is 0 Å². The van der Waals surface area contributed by atoms with E-state index < -0.39 is 0 Å². The van der Waals surface area contributed by atoms with E-state index >= 15 is 0 Å². The van der Waals surface area contributed by atoms with Crippen molar-refractivity contribution in [1.82, 2.24) is 9.80 Å². The van der Waals surface area contributed by atoms with Gasteiger partial charge in [-0.2, -0.15) is 0 Å². The highest BCUT2D eigenvalue weighted by Gasteiger charge is 2.22. The summed E-state index contributed by atoms with van der Waals surface area (Å²) < 4.78 is 0. The summed E-state index contributed by atoms with van der Waals surface area (Å²) >= 11 is 0. The normalized spacial score (nSPS) is 11.5. The summed E-state index contributed by atoms with van der Waals surface area (Å²) in [5.41, 5.74) is 5.46. The molecule has 0 N–H and O–H groups in total. The van der Waals surface area contributed by atoms with Gasteiger partial charge in [0.1, 0.15) is 0 Å². The molecule has 162 valence electrons. The first kappa shape index (κ1) is 22.2. The molecule has 0 saturated heterocycles. The maximum atomic E-state index is 2.64. The highest BCUT2D eigenvalue weighted by atomic mass is 28.1. The molecular formula is C29H32N2Si. The highest BCUT2D eigenvalue weighted by Crippen LogP contribution is 2.19. The SMILES string of the molecule is [SiH3]C(N(Cc1ccccc1)Cc1ccccc1)N(Cc1ccccc1)Cc1ccccc1. The summed E-state index contributed by atoms with van der Waals surface area (Å²) in [6.45, 7) is 3.79. The maximum Gasteiger partial charge on any atom is 0.0429 e. The lowest BCUT2D eigenvalue weighted by Crippen LogP contribution is -2.47. The Balaban J connectivity index is 1.61. The van der Waals surface area contributed by atoms with Crippen LogP contribution in [0.15, 0.2) is 121 Å². The first-order valence-corrected chi connectivity index (χ1v) is 12.6. The van der Waals surface area contributed by atoms with Crippen molar-refractivity contribution >= 4 is 10.2 Å². The van der Waals surface area contributed by atoms with E-state index in [0.717, 1.165) is 36.4 Å². The molecule has 0 spiro atoms. The predicted octanol–water partition coefficient (Wildman–Crippen LogP) is 5.04. The number of benzene rings is 4. The molecular weight excluding hydrogens is 404 g/mol. The Hall–Kier alpha value is -2.98. The van der Waals surface area contributed by atoms with Crippen LogP contribution in [0.1, 0.15) is 22.3 Å². The number of nitrogens with zero attached hydrogens (tertiary/aromatic N) is 2. The minimum Gasteiger partial charge on any atom is -0.283 e. The molecule has 0 aliphatic heterocycles. The fraction of sp³-hybridized carbons (Fsp3) is 0.172. The zero-order valence-electron chi connectivity index (χ0n) is 18.8. The molecule has 0 unspecified atom stereocenters. The average Bonchev–Trinajstić information content (AvgIpc) is 2.85. The number of rotatable bonds is 10. The van der Waals surface area contributed by atoms with E-state index in [1.165, 1.54) is 22.3 Å². The topological polar surface area (TPSA) is 6.48 Å². The molecule has 2 nitrogen and oxygen atoms in total. The van der Waals surface area contributed by atoms with Crippen LogP contribution in [0.5, 0.6) is 0 Å². The van der Waals surface area contributed by atoms with Gasteiger partial charge in [-0.1, -0.05) is 121 Å². The molecule has 0 heterocycles. The summed E-state index contributed by atoms with van der Waals surface area (Å²) in [6, 6.07) is 43.5. The minimum atomic E-state index is 0.399. The summed E-state index contributed by atoms with van der Waals surface area (Å²) in [5.74, 6) is 0.399. The molecule has 0 aliphatic rings. The summed E-state index contributed by atoms with van der Waals surface area (Å²) in [5, 5.41) is 0. The fourth-order valence-corrected chi connectivity index (χ4v) is 4.87. The zero-order chi connectivity index (χ0) is 22.0. The Morgan fingerprint density at radius 3 is 0.844 bits per heavy atom. The van der Waals surface area contributed by atoms with Crippen molar-refractivity contribution in [1.29, 1.82) is 0 Å². The third kappa shape index (κ3) is 6.51. The molecule has 0 aromatic heterocycles. The van der Waals surface area contributed by atoms with E-state index in [1.807, 2.05) is 0 Å². The minimum absolute atomic E-state index is 0.399. The summed E-state index contributed by atoms with van der Waals surface area (Å²) in [7, 11) is 1.05. The summed E-state index contributed by atoms with van der Waals surface area (Å²) in [6.07, 6.45) is 0. The Morgan fingerprint density at radius 2 is 0.625 bits per heavy atom. The quantitative estimate of drug-likeness (QED) is 0.254. The van der Waals surface area contributed by atoms with E-state index in [0.29, 0.717) is 5.79 Å². The van der Waals surface area contributed by atoms with Crippen molar-refractivity contribution in [3.8, 4) is 0 Å². The second-order valence-electron chi connectivity index (χ2n) is 8.38. The predicted molar refractivity (Wildman–Crippen MR) is 138 cm³/mol. The van der Waals surface area contributed by atoms with Crippen LogP contribution in [-0.2, 0) is 26.2 Å². The Labute approximate surface area is 195 Å². The van der Waals surface area contributed by atoms with Crippen LogP contribution in [0.25, 0.3) is 0 Å². The van der Waals surface area contributed by atoms with Crippen LogP contribution < -0.4 is 0 Å². The van der Waals surface area contributed by atoms with E-state index in [2.05, 4.69) is 131 Å². The number of hydrogen-bond acceptors (Lipinski definition) is 2. The van der Waals surface area contributed by atoms with Crippen LogP contribution in [-0.4, -0.2) is 25.8 Å². The van der Waals surface area contributed by atoms with Crippen molar-refractivity contribution in [3.63, 3.8) is 0 Å². The van der Waals surface area contributed by atoms with E-state index in [4.69, 9.17) is 0 Å². The molecule has 4 aromatic rings. The fourth-order valence-electron chi connectivity index (χ4n) is 4.14. The highest BCUT2D eigenvalue weighted by molar-refractivity contribution is 6.11. The van der Waals surface area contributed by atoms with Gasteiger partial charge in [-0.3, -0.25) is 9.80 Å². The second kappa shape index (κ2) is 11.6. The summed E-state index contributed by atoms with van der Waals surface area (Å²) in [4.78, 5) is 5.28. The second-order valence-corrected chi connectivity index (χ2v) is 9.42. The standard InChI is InChI=1S/C29H32N2Si/c32-29(30(21-25-13-5-1-6-14-25)22-26-15-7-2-8-16-26)31(23-27-17-9-3-10-18-27)24-28-19-11-4-12-20-28/h1-20,29H,21-24H2,32H3. The third-order valence-corrected chi connectivity index (χ3v) is 7.43. The molecule has 0 bridgehead atoms. The number of hydrogen-bond donors (Lipinski definition) is 0. The molecule has 0 radical (unpaired) electrons. The molecule has 3 heteroatoms. The first-order chi connectivity index (χ1) is 15.8. The third-order valence-electron chi connectivity index (χ3n) is 5.97. The Bertz CT molecular complexity index is 870. The van der Waals surface area contributed by atoms with Crippen LogP contribution in [0, 0.1) is 0 Å². The lowest BCUT2D eigenvalue weighted by Gasteiger charge is -2.38. The Kier molecular flexibility index (Phi) is 8.04. The van der Waals surface area contributed by atoms with E-state index in [1.54, 1.807) is 0 Å². The molecule has 0 fully saturated rings. The van der Waals surface area contributed by atoms with Crippen LogP contribution in [0.3, 0.4) is 0 Å². The van der Waals surface area contributed by atoms with Gasteiger partial charge >= 0.3 is 0 Å². The Morgan fingerprint density at radius 1 is 0.406 bits per heavy atom. The van der Waals surface area contributed by atoms with Gasteiger partial charge in [0.15, 0.2) is 0 Å². The van der Waals surface area contributed by atoms with Crippen molar-refractivity contribution in [3.05, 3.63) is 144 Å².